The molecule has 4 heterocycles. The van der Waals surface area contributed by atoms with E-state index in [0.717, 1.165) is 19.4 Å². The Bertz CT molecular complexity index is 1260. The van der Waals surface area contributed by atoms with E-state index in [-0.39, 0.29) is 17.6 Å². The Balaban J connectivity index is 1.42. The van der Waals surface area contributed by atoms with Crippen molar-refractivity contribution in [2.75, 3.05) is 23.3 Å². The third kappa shape index (κ3) is 3.99. The van der Waals surface area contributed by atoms with Crippen LogP contribution in [0, 0.1) is 11.7 Å². The number of nitrogens with one attached hydrogen (secondary N) is 1. The molecule has 3 aromatic heterocycles. The summed E-state index contributed by atoms with van der Waals surface area (Å²) >= 11 is 5.86. The number of hydrogen-bond acceptors (Lipinski definition) is 7. The summed E-state index contributed by atoms with van der Waals surface area (Å²) in [6, 6.07) is 9.35. The summed E-state index contributed by atoms with van der Waals surface area (Å²) < 4.78 is 18.8. The van der Waals surface area contributed by atoms with Crippen LogP contribution < -0.4 is 10.2 Å². The van der Waals surface area contributed by atoms with Crippen molar-refractivity contribution in [1.82, 2.24) is 20.1 Å². The van der Waals surface area contributed by atoms with Gasteiger partial charge in [0, 0.05) is 24.8 Å². The summed E-state index contributed by atoms with van der Waals surface area (Å²) in [6.45, 7) is 1.20. The highest BCUT2D eigenvalue weighted by atomic mass is 35.5. The fraction of sp³-hybridized carbons (Fsp3) is 0.227. The Labute approximate surface area is 187 Å². The average molecular weight is 453 g/mol. The quantitative estimate of drug-likeness (QED) is 0.492. The van der Waals surface area contributed by atoms with E-state index in [9.17, 15) is 9.18 Å². The molecule has 1 aromatic carbocycles. The van der Waals surface area contributed by atoms with Crippen molar-refractivity contribution in [3.8, 4) is 11.3 Å². The van der Waals surface area contributed by atoms with Crippen LogP contribution in [0.25, 0.3) is 22.4 Å². The highest BCUT2D eigenvalue weighted by Gasteiger charge is 2.29. The SMILES string of the molecule is O=C(Nc1ccc(Cl)cn1)C1CCCN(c2ncnc3onc(-c4ccc(F)cc4)c23)C1. The molecule has 0 aliphatic carbocycles. The van der Waals surface area contributed by atoms with Gasteiger partial charge in [0.25, 0.3) is 5.71 Å². The summed E-state index contributed by atoms with van der Waals surface area (Å²) in [7, 11) is 0. The monoisotopic (exact) mass is 452 g/mol. The first kappa shape index (κ1) is 20.3. The van der Waals surface area contributed by atoms with E-state index < -0.39 is 0 Å². The zero-order valence-corrected chi connectivity index (χ0v) is 17.6. The molecule has 32 heavy (non-hydrogen) atoms. The lowest BCUT2D eigenvalue weighted by molar-refractivity contribution is -0.120. The number of amides is 1. The first-order valence-corrected chi connectivity index (χ1v) is 10.5. The molecule has 1 atom stereocenters. The van der Waals surface area contributed by atoms with Crippen LogP contribution in [0.5, 0.6) is 0 Å². The second-order valence-electron chi connectivity index (χ2n) is 7.55. The van der Waals surface area contributed by atoms with E-state index in [4.69, 9.17) is 16.1 Å². The molecule has 1 unspecified atom stereocenters. The predicted octanol–water partition coefficient (Wildman–Crippen LogP) is 4.33. The van der Waals surface area contributed by atoms with Gasteiger partial charge in [0.15, 0.2) is 0 Å². The van der Waals surface area contributed by atoms with Crippen LogP contribution in [0.4, 0.5) is 16.0 Å². The second-order valence-corrected chi connectivity index (χ2v) is 7.99. The first-order chi connectivity index (χ1) is 15.6. The molecule has 1 aliphatic heterocycles. The third-order valence-electron chi connectivity index (χ3n) is 5.44. The van der Waals surface area contributed by atoms with E-state index in [0.29, 0.717) is 45.6 Å². The summed E-state index contributed by atoms with van der Waals surface area (Å²) in [5.74, 6) is 0.397. The molecule has 4 aromatic rings. The number of anilines is 2. The van der Waals surface area contributed by atoms with Crippen LogP contribution in [0.15, 0.2) is 53.4 Å². The van der Waals surface area contributed by atoms with Crippen molar-refractivity contribution in [3.05, 3.63) is 59.8 Å². The van der Waals surface area contributed by atoms with Gasteiger partial charge in [-0.1, -0.05) is 16.8 Å². The fourth-order valence-corrected chi connectivity index (χ4v) is 3.99. The molecule has 0 radical (unpaired) electrons. The summed E-state index contributed by atoms with van der Waals surface area (Å²) in [6.07, 6.45) is 4.47. The molecule has 10 heteroatoms. The van der Waals surface area contributed by atoms with E-state index in [2.05, 4.69) is 25.4 Å². The Hall–Kier alpha value is -3.59. The number of carbonyl (C=O) groups excluding carboxylic acids is 1. The van der Waals surface area contributed by atoms with Crippen molar-refractivity contribution >= 4 is 40.2 Å². The van der Waals surface area contributed by atoms with Crippen molar-refractivity contribution in [3.63, 3.8) is 0 Å². The van der Waals surface area contributed by atoms with Crippen LogP contribution in [-0.2, 0) is 4.79 Å². The normalized spacial score (nSPS) is 16.3. The Morgan fingerprint density at radius 1 is 1.16 bits per heavy atom. The van der Waals surface area contributed by atoms with Crippen LogP contribution in [-0.4, -0.2) is 39.1 Å². The van der Waals surface area contributed by atoms with E-state index in [1.807, 2.05) is 4.90 Å². The summed E-state index contributed by atoms with van der Waals surface area (Å²) in [5.41, 5.74) is 1.57. The van der Waals surface area contributed by atoms with Gasteiger partial charge < -0.3 is 14.7 Å². The minimum atomic E-state index is -0.335. The van der Waals surface area contributed by atoms with Gasteiger partial charge in [-0.2, -0.15) is 4.98 Å². The molecule has 1 aliphatic rings. The lowest BCUT2D eigenvalue weighted by atomic mass is 9.96. The van der Waals surface area contributed by atoms with Gasteiger partial charge in [0.2, 0.25) is 5.91 Å². The average Bonchev–Trinajstić information content (AvgIpc) is 3.25. The van der Waals surface area contributed by atoms with Gasteiger partial charge in [-0.05, 0) is 49.2 Å². The van der Waals surface area contributed by atoms with Gasteiger partial charge in [-0.15, -0.1) is 0 Å². The van der Waals surface area contributed by atoms with Crippen LogP contribution in [0.3, 0.4) is 0 Å². The molecule has 162 valence electrons. The molecule has 5 rings (SSSR count). The van der Waals surface area contributed by atoms with E-state index in [1.54, 1.807) is 24.3 Å². The number of benzene rings is 1. The number of rotatable bonds is 4. The maximum atomic E-state index is 13.4. The lowest BCUT2D eigenvalue weighted by Gasteiger charge is -2.33. The molecule has 0 spiro atoms. The lowest BCUT2D eigenvalue weighted by Crippen LogP contribution is -2.41. The van der Waals surface area contributed by atoms with E-state index in [1.165, 1.54) is 24.7 Å². The summed E-state index contributed by atoms with van der Waals surface area (Å²) in [5, 5.41) is 8.14. The summed E-state index contributed by atoms with van der Waals surface area (Å²) in [4.78, 5) is 27.7. The van der Waals surface area contributed by atoms with Crippen molar-refractivity contribution in [2.24, 2.45) is 5.92 Å². The third-order valence-corrected chi connectivity index (χ3v) is 5.66. The van der Waals surface area contributed by atoms with Gasteiger partial charge in [0.05, 0.1) is 10.9 Å². The Morgan fingerprint density at radius 3 is 2.78 bits per heavy atom. The highest BCUT2D eigenvalue weighted by molar-refractivity contribution is 6.30. The number of fused-ring (bicyclic) bond motifs is 1. The number of nitrogens with zero attached hydrogens (tertiary/aromatic N) is 5. The molecule has 1 N–H and O–H groups in total. The highest BCUT2D eigenvalue weighted by Crippen LogP contribution is 2.35. The second kappa shape index (κ2) is 8.51. The largest absolute Gasteiger partial charge is 0.355 e. The van der Waals surface area contributed by atoms with Crippen LogP contribution >= 0.6 is 11.6 Å². The van der Waals surface area contributed by atoms with Gasteiger partial charge >= 0.3 is 0 Å². The Kier molecular flexibility index (Phi) is 5.40. The van der Waals surface area contributed by atoms with Crippen LogP contribution in [0.2, 0.25) is 5.02 Å². The zero-order valence-electron chi connectivity index (χ0n) is 16.8. The topological polar surface area (TPSA) is 97.0 Å². The van der Waals surface area contributed by atoms with Gasteiger partial charge in [-0.25, -0.2) is 14.4 Å². The van der Waals surface area contributed by atoms with Crippen molar-refractivity contribution in [1.29, 1.82) is 0 Å². The number of halogens is 2. The molecule has 1 fully saturated rings. The number of pyridine rings is 1. The minimum Gasteiger partial charge on any atom is -0.355 e. The first-order valence-electron chi connectivity index (χ1n) is 10.1. The van der Waals surface area contributed by atoms with Crippen LogP contribution in [0.1, 0.15) is 12.8 Å². The number of piperidine rings is 1. The van der Waals surface area contributed by atoms with Crippen molar-refractivity contribution in [2.45, 2.75) is 12.8 Å². The molecular formula is C22H18ClFN6O2. The molecule has 8 nitrogen and oxygen atoms in total. The number of hydrogen-bond donors (Lipinski definition) is 1. The Morgan fingerprint density at radius 2 is 2.00 bits per heavy atom. The van der Waals surface area contributed by atoms with Gasteiger partial charge in [0.1, 0.15) is 34.9 Å². The van der Waals surface area contributed by atoms with E-state index >= 15 is 0 Å². The molecule has 1 saturated heterocycles. The predicted molar refractivity (Wildman–Crippen MR) is 118 cm³/mol. The zero-order chi connectivity index (χ0) is 22.1. The molecule has 1 amide bonds. The fourth-order valence-electron chi connectivity index (χ4n) is 3.88. The maximum absolute atomic E-state index is 13.4. The standard InChI is InChI=1S/C22H18ClFN6O2/c23-15-5-8-17(25-10-15)28-21(31)14-2-1-9-30(11-14)20-18-19(13-3-6-16(24)7-4-13)29-32-22(18)27-12-26-20/h3-8,10,12,14H,1-2,9,11H2,(H,25,28,31). The number of carbonyl (C=O) groups is 1. The molecular weight excluding hydrogens is 435 g/mol. The van der Waals surface area contributed by atoms with Gasteiger partial charge in [-0.3, -0.25) is 4.79 Å². The number of aromatic nitrogens is 4. The smallest absolute Gasteiger partial charge is 0.263 e. The molecule has 0 bridgehead atoms. The maximum Gasteiger partial charge on any atom is 0.263 e. The molecule has 0 saturated carbocycles. The minimum absolute atomic E-state index is 0.112. The van der Waals surface area contributed by atoms with Crippen molar-refractivity contribution < 1.29 is 13.7 Å².